The Kier molecular flexibility index (Phi) is 2.54. The molecule has 0 aromatic heterocycles. The van der Waals surface area contributed by atoms with Crippen LogP contribution in [-0.2, 0) is 0 Å². The zero-order chi connectivity index (χ0) is 9.35. The third-order valence-corrected chi connectivity index (χ3v) is 4.34. The van der Waals surface area contributed by atoms with E-state index in [2.05, 4.69) is 44.4 Å². The van der Waals surface area contributed by atoms with E-state index in [1.165, 1.54) is 5.19 Å². The molecule has 0 aliphatic rings. The number of thiol groups is 1. The number of hydrogen-bond donors (Lipinski definition) is 2. The van der Waals surface area contributed by atoms with E-state index in [-0.39, 0.29) is 0 Å². The smallest absolute Gasteiger partial charge is 0.0776 e. The summed E-state index contributed by atoms with van der Waals surface area (Å²) in [5, 5.41) is 1.39. The van der Waals surface area contributed by atoms with E-state index in [4.69, 9.17) is 5.73 Å². The van der Waals surface area contributed by atoms with Crippen molar-refractivity contribution >= 4 is 31.6 Å². The Bertz CT molecular complexity index is 291. The molecule has 1 aromatic carbocycles. The highest BCUT2D eigenvalue weighted by Crippen LogP contribution is 2.15. The molecular formula is C9H15NSSi. The second kappa shape index (κ2) is 3.15. The molecule has 66 valence electrons. The predicted molar refractivity (Wildman–Crippen MR) is 61.1 cm³/mol. The molecule has 0 atom stereocenters. The van der Waals surface area contributed by atoms with E-state index >= 15 is 0 Å². The van der Waals surface area contributed by atoms with Crippen molar-refractivity contribution in [3.05, 3.63) is 18.2 Å². The SMILES string of the molecule is C[Si](C)(C)c1ccc(S)c(N)c1. The largest absolute Gasteiger partial charge is 0.398 e. The first kappa shape index (κ1) is 9.67. The van der Waals surface area contributed by atoms with Crippen LogP contribution in [0, 0.1) is 0 Å². The van der Waals surface area contributed by atoms with Crippen LogP contribution in [-0.4, -0.2) is 8.07 Å². The quantitative estimate of drug-likeness (QED) is 0.402. The second-order valence-electron chi connectivity index (χ2n) is 4.02. The fraction of sp³-hybridized carbons (Fsp3) is 0.333. The van der Waals surface area contributed by atoms with Crippen molar-refractivity contribution in [2.24, 2.45) is 0 Å². The molecule has 0 saturated carbocycles. The van der Waals surface area contributed by atoms with Crippen LogP contribution in [0.5, 0.6) is 0 Å². The molecule has 1 nitrogen and oxygen atoms in total. The summed E-state index contributed by atoms with van der Waals surface area (Å²) >= 11 is 4.23. The Hall–Kier alpha value is -0.413. The first-order valence-corrected chi connectivity index (χ1v) is 7.95. The zero-order valence-corrected chi connectivity index (χ0v) is 9.65. The minimum absolute atomic E-state index is 0.790. The summed E-state index contributed by atoms with van der Waals surface area (Å²) in [7, 11) is -1.20. The van der Waals surface area contributed by atoms with Gasteiger partial charge in [0, 0.05) is 10.6 Å². The van der Waals surface area contributed by atoms with Gasteiger partial charge < -0.3 is 5.73 Å². The molecule has 0 amide bonds. The molecule has 0 heterocycles. The monoisotopic (exact) mass is 197 g/mol. The summed E-state index contributed by atoms with van der Waals surface area (Å²) in [6, 6.07) is 6.16. The van der Waals surface area contributed by atoms with Crippen LogP contribution >= 0.6 is 12.6 Å². The lowest BCUT2D eigenvalue weighted by Crippen LogP contribution is -2.37. The average molecular weight is 197 g/mol. The van der Waals surface area contributed by atoms with Crippen molar-refractivity contribution in [3.8, 4) is 0 Å². The van der Waals surface area contributed by atoms with Gasteiger partial charge in [-0.25, -0.2) is 0 Å². The lowest BCUT2D eigenvalue weighted by atomic mass is 10.3. The molecule has 1 rings (SSSR count). The van der Waals surface area contributed by atoms with Crippen LogP contribution in [0.4, 0.5) is 5.69 Å². The number of nitrogens with two attached hydrogens (primary N) is 1. The van der Waals surface area contributed by atoms with Gasteiger partial charge in [-0.1, -0.05) is 30.9 Å². The molecule has 2 N–H and O–H groups in total. The summed E-state index contributed by atoms with van der Waals surface area (Å²) in [4.78, 5) is 0.872. The molecule has 12 heavy (non-hydrogen) atoms. The third kappa shape index (κ3) is 2.05. The van der Waals surface area contributed by atoms with Gasteiger partial charge in [-0.3, -0.25) is 0 Å². The fourth-order valence-electron chi connectivity index (χ4n) is 1.02. The van der Waals surface area contributed by atoms with Crippen molar-refractivity contribution in [2.45, 2.75) is 24.5 Å². The summed E-state index contributed by atoms with van der Waals surface area (Å²) in [5.74, 6) is 0. The lowest BCUT2D eigenvalue weighted by molar-refractivity contribution is 1.48. The number of hydrogen-bond acceptors (Lipinski definition) is 2. The normalized spacial score (nSPS) is 11.7. The van der Waals surface area contributed by atoms with Crippen molar-refractivity contribution in [1.82, 2.24) is 0 Å². The Morgan fingerprint density at radius 2 is 1.83 bits per heavy atom. The predicted octanol–water partition coefficient (Wildman–Crippen LogP) is 2.10. The van der Waals surface area contributed by atoms with Gasteiger partial charge >= 0.3 is 0 Å². The van der Waals surface area contributed by atoms with Crippen LogP contribution in [0.25, 0.3) is 0 Å². The molecule has 0 spiro atoms. The molecule has 0 unspecified atom stereocenters. The molecule has 0 fully saturated rings. The Morgan fingerprint density at radius 1 is 1.25 bits per heavy atom. The van der Waals surface area contributed by atoms with E-state index in [1.54, 1.807) is 0 Å². The van der Waals surface area contributed by atoms with Gasteiger partial charge in [0.25, 0.3) is 0 Å². The van der Waals surface area contributed by atoms with Crippen molar-refractivity contribution in [3.63, 3.8) is 0 Å². The van der Waals surface area contributed by atoms with Gasteiger partial charge in [-0.2, -0.15) is 0 Å². The topological polar surface area (TPSA) is 26.0 Å². The van der Waals surface area contributed by atoms with Gasteiger partial charge in [0.05, 0.1) is 8.07 Å². The average Bonchev–Trinajstić information content (AvgIpc) is 1.92. The summed E-state index contributed by atoms with van der Waals surface area (Å²) in [6.07, 6.45) is 0. The van der Waals surface area contributed by atoms with E-state index < -0.39 is 8.07 Å². The number of anilines is 1. The van der Waals surface area contributed by atoms with Gasteiger partial charge in [0.1, 0.15) is 0 Å². The molecule has 0 radical (unpaired) electrons. The number of rotatable bonds is 1. The van der Waals surface area contributed by atoms with E-state index in [1.807, 2.05) is 6.07 Å². The highest BCUT2D eigenvalue weighted by molar-refractivity contribution is 7.80. The first-order valence-electron chi connectivity index (χ1n) is 4.00. The van der Waals surface area contributed by atoms with Gasteiger partial charge in [0.2, 0.25) is 0 Å². The number of nitrogen functional groups attached to an aromatic ring is 1. The van der Waals surface area contributed by atoms with E-state index in [0.717, 1.165) is 10.6 Å². The Morgan fingerprint density at radius 3 is 2.25 bits per heavy atom. The first-order chi connectivity index (χ1) is 5.41. The summed E-state index contributed by atoms with van der Waals surface area (Å²) in [5.41, 5.74) is 6.55. The van der Waals surface area contributed by atoms with Crippen molar-refractivity contribution < 1.29 is 0 Å². The maximum atomic E-state index is 5.76. The van der Waals surface area contributed by atoms with E-state index in [0.29, 0.717) is 0 Å². The zero-order valence-electron chi connectivity index (χ0n) is 7.76. The Balaban J connectivity index is 3.14. The summed E-state index contributed by atoms with van der Waals surface area (Å²) < 4.78 is 0. The Labute approximate surface area is 80.4 Å². The van der Waals surface area contributed by atoms with Gasteiger partial charge in [-0.05, 0) is 12.1 Å². The van der Waals surface area contributed by atoms with Crippen LogP contribution in [0.15, 0.2) is 23.1 Å². The van der Waals surface area contributed by atoms with Crippen LogP contribution < -0.4 is 10.9 Å². The fourth-order valence-corrected chi connectivity index (χ4v) is 2.33. The van der Waals surface area contributed by atoms with Crippen LogP contribution in [0.1, 0.15) is 0 Å². The number of benzene rings is 1. The van der Waals surface area contributed by atoms with Crippen LogP contribution in [0.2, 0.25) is 19.6 Å². The molecular weight excluding hydrogens is 182 g/mol. The maximum Gasteiger partial charge on any atom is 0.0776 e. The molecule has 0 saturated heterocycles. The standard InChI is InChI=1S/C9H15NSSi/c1-12(2,3)7-4-5-9(11)8(10)6-7/h4-6,11H,10H2,1-3H3. The lowest BCUT2D eigenvalue weighted by Gasteiger charge is -2.17. The minimum Gasteiger partial charge on any atom is -0.398 e. The highest BCUT2D eigenvalue weighted by Gasteiger charge is 2.16. The van der Waals surface area contributed by atoms with Gasteiger partial charge in [-0.15, -0.1) is 12.6 Å². The molecule has 0 bridgehead atoms. The third-order valence-electron chi connectivity index (χ3n) is 1.89. The maximum absolute atomic E-state index is 5.76. The molecule has 1 aromatic rings. The van der Waals surface area contributed by atoms with Crippen molar-refractivity contribution in [2.75, 3.05) is 5.73 Å². The summed E-state index contributed by atoms with van der Waals surface area (Å²) in [6.45, 7) is 6.92. The van der Waals surface area contributed by atoms with E-state index in [9.17, 15) is 0 Å². The van der Waals surface area contributed by atoms with Gasteiger partial charge in [0.15, 0.2) is 0 Å². The van der Waals surface area contributed by atoms with Crippen molar-refractivity contribution in [1.29, 1.82) is 0 Å². The molecule has 0 aliphatic carbocycles. The molecule has 0 aliphatic heterocycles. The second-order valence-corrected chi connectivity index (χ2v) is 9.58. The highest BCUT2D eigenvalue weighted by atomic mass is 32.1. The van der Waals surface area contributed by atoms with Crippen LogP contribution in [0.3, 0.4) is 0 Å². The minimum atomic E-state index is -1.20. The molecule has 3 heteroatoms.